The van der Waals surface area contributed by atoms with Crippen molar-refractivity contribution in [2.75, 3.05) is 5.73 Å². The van der Waals surface area contributed by atoms with Crippen LogP contribution in [0.15, 0.2) is 48.5 Å². The molecule has 2 heterocycles. The lowest BCUT2D eigenvalue weighted by Gasteiger charge is -2.09. The third-order valence-corrected chi connectivity index (χ3v) is 4.16. The molecule has 4 rings (SSSR count). The highest BCUT2D eigenvalue weighted by Gasteiger charge is 2.16. The van der Waals surface area contributed by atoms with Crippen molar-refractivity contribution in [1.82, 2.24) is 14.5 Å². The number of imidazole rings is 1. The number of para-hydroxylation sites is 1. The maximum atomic E-state index is 10.3. The number of hydrogen-bond acceptors (Lipinski definition) is 5. The smallest absolute Gasteiger partial charge is 0.295 e. The molecule has 0 radical (unpaired) electrons. The lowest BCUT2D eigenvalue weighted by molar-refractivity contribution is 0.409. The predicted octanol–water partition coefficient (Wildman–Crippen LogP) is 2.38. The molecule has 0 unspecified atom stereocenters. The molecule has 0 saturated heterocycles. The molecule has 0 fully saturated rings. The van der Waals surface area contributed by atoms with E-state index in [0.29, 0.717) is 24.4 Å². The van der Waals surface area contributed by atoms with Gasteiger partial charge < -0.3 is 16.6 Å². The first-order valence-electron chi connectivity index (χ1n) is 7.68. The molecule has 0 aliphatic carbocycles. The highest BCUT2D eigenvalue weighted by Crippen LogP contribution is 2.31. The Labute approximate surface area is 138 Å². The Balaban J connectivity index is 1.96. The third-order valence-electron chi connectivity index (χ3n) is 4.16. The minimum Gasteiger partial charge on any atom is -0.480 e. The fourth-order valence-electron chi connectivity index (χ4n) is 3.03. The van der Waals surface area contributed by atoms with Crippen molar-refractivity contribution in [3.63, 3.8) is 0 Å². The number of hydrogen-bond donors (Lipinski definition) is 3. The van der Waals surface area contributed by atoms with Gasteiger partial charge in [0.05, 0.1) is 17.6 Å². The van der Waals surface area contributed by atoms with Crippen LogP contribution in [-0.4, -0.2) is 19.6 Å². The highest BCUT2D eigenvalue weighted by atomic mass is 16.3. The summed E-state index contributed by atoms with van der Waals surface area (Å²) in [5.41, 5.74) is 15.9. The molecule has 5 N–H and O–H groups in total. The summed E-state index contributed by atoms with van der Waals surface area (Å²) in [6, 6.07) is 15.6. The number of nitrogen functional groups attached to an aromatic ring is 1. The average molecular weight is 319 g/mol. The summed E-state index contributed by atoms with van der Waals surface area (Å²) in [4.78, 5) is 8.57. The summed E-state index contributed by atoms with van der Waals surface area (Å²) >= 11 is 0. The van der Waals surface area contributed by atoms with Crippen LogP contribution < -0.4 is 11.5 Å². The van der Waals surface area contributed by atoms with E-state index in [2.05, 4.69) is 9.97 Å². The van der Waals surface area contributed by atoms with Crippen LogP contribution in [0.1, 0.15) is 11.1 Å². The molecule has 0 bridgehead atoms. The lowest BCUT2D eigenvalue weighted by atomic mass is 10.1. The van der Waals surface area contributed by atoms with E-state index in [1.807, 2.05) is 48.5 Å². The van der Waals surface area contributed by atoms with Gasteiger partial charge in [0.15, 0.2) is 5.82 Å². The van der Waals surface area contributed by atoms with Crippen LogP contribution in [0.3, 0.4) is 0 Å². The van der Waals surface area contributed by atoms with E-state index in [0.717, 1.165) is 27.5 Å². The van der Waals surface area contributed by atoms with Gasteiger partial charge in [-0.05, 0) is 17.2 Å². The van der Waals surface area contributed by atoms with Gasteiger partial charge in [-0.2, -0.15) is 4.98 Å². The van der Waals surface area contributed by atoms with Gasteiger partial charge in [-0.1, -0.05) is 42.5 Å². The van der Waals surface area contributed by atoms with Crippen LogP contribution in [-0.2, 0) is 13.1 Å². The second kappa shape index (κ2) is 5.50. The number of aromatic nitrogens is 3. The van der Waals surface area contributed by atoms with Gasteiger partial charge >= 0.3 is 0 Å². The van der Waals surface area contributed by atoms with Gasteiger partial charge in [0.1, 0.15) is 5.52 Å². The zero-order valence-electron chi connectivity index (χ0n) is 13.0. The second-order valence-corrected chi connectivity index (χ2v) is 5.73. The zero-order chi connectivity index (χ0) is 16.7. The largest absolute Gasteiger partial charge is 0.480 e. The Kier molecular flexibility index (Phi) is 3.32. The van der Waals surface area contributed by atoms with Crippen LogP contribution in [0.2, 0.25) is 0 Å². The van der Waals surface area contributed by atoms with E-state index < -0.39 is 0 Å². The lowest BCUT2D eigenvalue weighted by Crippen LogP contribution is -2.02. The van der Waals surface area contributed by atoms with E-state index in [1.165, 1.54) is 0 Å². The first-order chi connectivity index (χ1) is 11.7. The number of nitrogens with zero attached hydrogens (tertiary/aromatic N) is 3. The number of anilines is 1. The summed E-state index contributed by atoms with van der Waals surface area (Å²) < 4.78 is 1.76. The normalized spacial score (nSPS) is 11.4. The fourth-order valence-corrected chi connectivity index (χ4v) is 3.03. The minimum absolute atomic E-state index is 0.0759. The maximum Gasteiger partial charge on any atom is 0.295 e. The average Bonchev–Trinajstić information content (AvgIpc) is 2.93. The van der Waals surface area contributed by atoms with Gasteiger partial charge in [0.2, 0.25) is 0 Å². The molecule has 4 aromatic rings. The van der Waals surface area contributed by atoms with Gasteiger partial charge in [-0.15, -0.1) is 0 Å². The van der Waals surface area contributed by atoms with Gasteiger partial charge in [0.25, 0.3) is 6.01 Å². The van der Waals surface area contributed by atoms with Gasteiger partial charge in [-0.25, -0.2) is 4.98 Å². The number of rotatable bonds is 3. The standard InChI is InChI=1S/C18H17N5O/c19-9-11-4-3-5-12(8-11)10-23-16-13-6-1-2-7-14(13)21-17(20)15(16)22-18(23)24/h1-8H,9-10,19H2,(H2,20,21)(H,22,24). The van der Waals surface area contributed by atoms with Gasteiger partial charge in [-0.3, -0.25) is 4.57 Å². The van der Waals surface area contributed by atoms with Crippen LogP contribution in [0, 0.1) is 0 Å². The molecule has 120 valence electrons. The van der Waals surface area contributed by atoms with E-state index in [1.54, 1.807) is 4.57 Å². The molecule has 6 heteroatoms. The SMILES string of the molecule is NCc1cccc(Cn2c(O)nc3c(N)nc4ccccc4c32)c1. The van der Waals surface area contributed by atoms with E-state index >= 15 is 0 Å². The predicted molar refractivity (Wildman–Crippen MR) is 94.5 cm³/mol. The summed E-state index contributed by atoms with van der Waals surface area (Å²) in [6.45, 7) is 0.952. The number of pyridine rings is 1. The number of aromatic hydroxyl groups is 1. The summed E-state index contributed by atoms with van der Waals surface area (Å²) in [7, 11) is 0. The van der Waals surface area contributed by atoms with E-state index in [-0.39, 0.29) is 6.01 Å². The Bertz CT molecular complexity index is 1050. The second-order valence-electron chi connectivity index (χ2n) is 5.73. The quantitative estimate of drug-likeness (QED) is 0.538. The molecule has 0 aliphatic heterocycles. The number of benzene rings is 2. The first kappa shape index (κ1) is 14.5. The molecule has 0 atom stereocenters. The molecule has 0 saturated carbocycles. The Morgan fingerprint density at radius 2 is 1.79 bits per heavy atom. The van der Waals surface area contributed by atoms with E-state index in [4.69, 9.17) is 11.5 Å². The molecular weight excluding hydrogens is 302 g/mol. The summed E-state index contributed by atoms with van der Waals surface area (Å²) in [5, 5.41) is 11.3. The molecule has 6 nitrogen and oxygen atoms in total. The molecule has 0 aliphatic rings. The monoisotopic (exact) mass is 319 g/mol. The highest BCUT2D eigenvalue weighted by molar-refractivity contribution is 6.06. The zero-order valence-corrected chi connectivity index (χ0v) is 13.0. The minimum atomic E-state index is -0.0759. The van der Waals surface area contributed by atoms with Crippen molar-refractivity contribution in [2.24, 2.45) is 5.73 Å². The Hall–Kier alpha value is -3.12. The fraction of sp³-hybridized carbons (Fsp3) is 0.111. The molecule has 2 aromatic carbocycles. The number of fused-ring (bicyclic) bond motifs is 3. The molecule has 0 spiro atoms. The third kappa shape index (κ3) is 2.24. The summed E-state index contributed by atoms with van der Waals surface area (Å²) in [6.07, 6.45) is 0. The maximum absolute atomic E-state index is 10.3. The van der Waals surface area contributed by atoms with Crippen molar-refractivity contribution >= 4 is 27.8 Å². The Morgan fingerprint density at radius 3 is 2.62 bits per heavy atom. The molecule has 24 heavy (non-hydrogen) atoms. The van der Waals surface area contributed by atoms with E-state index in [9.17, 15) is 5.11 Å². The van der Waals surface area contributed by atoms with Crippen molar-refractivity contribution < 1.29 is 5.11 Å². The summed E-state index contributed by atoms with van der Waals surface area (Å²) in [5.74, 6) is 0.313. The van der Waals surface area contributed by atoms with Crippen molar-refractivity contribution in [1.29, 1.82) is 0 Å². The van der Waals surface area contributed by atoms with Crippen LogP contribution in [0.4, 0.5) is 5.82 Å². The van der Waals surface area contributed by atoms with Crippen molar-refractivity contribution in [3.8, 4) is 6.01 Å². The van der Waals surface area contributed by atoms with Crippen molar-refractivity contribution in [3.05, 3.63) is 59.7 Å². The topological polar surface area (TPSA) is 103 Å². The molecular formula is C18H17N5O. The van der Waals surface area contributed by atoms with Crippen molar-refractivity contribution in [2.45, 2.75) is 13.1 Å². The van der Waals surface area contributed by atoms with Crippen LogP contribution in [0.5, 0.6) is 6.01 Å². The van der Waals surface area contributed by atoms with Gasteiger partial charge in [0, 0.05) is 11.9 Å². The first-order valence-corrected chi connectivity index (χ1v) is 7.68. The molecule has 2 aromatic heterocycles. The van der Waals surface area contributed by atoms with Crippen LogP contribution in [0.25, 0.3) is 21.9 Å². The van der Waals surface area contributed by atoms with Crippen LogP contribution >= 0.6 is 0 Å². The Morgan fingerprint density at radius 1 is 1.00 bits per heavy atom. The molecule has 0 amide bonds. The number of nitrogens with two attached hydrogens (primary N) is 2.